The minimum Gasteiger partial charge on any atom is -0.493 e. The Labute approximate surface area is 159 Å². The molecule has 0 saturated heterocycles. The minimum atomic E-state index is -0.109. The summed E-state index contributed by atoms with van der Waals surface area (Å²) in [7, 11) is 0. The van der Waals surface area contributed by atoms with Crippen molar-refractivity contribution in [2.24, 2.45) is 0 Å². The van der Waals surface area contributed by atoms with Crippen LogP contribution < -0.4 is 15.4 Å². The zero-order chi connectivity index (χ0) is 19.1. The highest BCUT2D eigenvalue weighted by atomic mass is 16.5. The fourth-order valence-electron chi connectivity index (χ4n) is 2.51. The largest absolute Gasteiger partial charge is 0.493 e. The van der Waals surface area contributed by atoms with Crippen molar-refractivity contribution in [2.75, 3.05) is 17.2 Å². The number of pyridine rings is 1. The van der Waals surface area contributed by atoms with E-state index in [1.54, 1.807) is 6.20 Å². The Morgan fingerprint density at radius 3 is 2.44 bits per heavy atom. The van der Waals surface area contributed by atoms with Crippen molar-refractivity contribution in [3.63, 3.8) is 0 Å². The first-order chi connectivity index (χ1) is 13.1. The second-order valence-corrected chi connectivity index (χ2v) is 6.32. The number of aryl methyl sites for hydroxylation is 2. The minimum absolute atomic E-state index is 0.109. The van der Waals surface area contributed by atoms with E-state index in [2.05, 4.69) is 41.6 Å². The fraction of sp³-hybridized carbons (Fsp3) is 0.182. The van der Waals surface area contributed by atoms with Gasteiger partial charge >= 0.3 is 0 Å². The van der Waals surface area contributed by atoms with Gasteiger partial charge in [0.25, 0.3) is 0 Å². The highest BCUT2D eigenvalue weighted by molar-refractivity contribution is 5.90. The highest BCUT2D eigenvalue weighted by Crippen LogP contribution is 2.19. The first kappa shape index (κ1) is 18.5. The van der Waals surface area contributed by atoms with E-state index in [1.807, 2.05) is 48.5 Å². The number of carbonyl (C=O) groups is 1. The van der Waals surface area contributed by atoms with E-state index in [1.165, 1.54) is 11.1 Å². The van der Waals surface area contributed by atoms with Crippen LogP contribution in [0, 0.1) is 13.8 Å². The summed E-state index contributed by atoms with van der Waals surface area (Å²) in [6.45, 7) is 4.49. The Balaban J connectivity index is 1.48. The van der Waals surface area contributed by atoms with Crippen LogP contribution in [0.25, 0.3) is 0 Å². The van der Waals surface area contributed by atoms with Gasteiger partial charge in [0.2, 0.25) is 5.91 Å². The lowest BCUT2D eigenvalue weighted by Crippen LogP contribution is -2.15. The molecule has 5 heteroatoms. The normalized spacial score (nSPS) is 10.3. The van der Waals surface area contributed by atoms with Crippen LogP contribution in [-0.2, 0) is 4.79 Å². The van der Waals surface area contributed by atoms with Crippen LogP contribution in [0.5, 0.6) is 5.75 Å². The summed E-state index contributed by atoms with van der Waals surface area (Å²) < 4.78 is 5.53. The first-order valence-electron chi connectivity index (χ1n) is 8.88. The average molecular weight is 361 g/mol. The lowest BCUT2D eigenvalue weighted by molar-refractivity contribution is -0.116. The predicted molar refractivity (Wildman–Crippen MR) is 109 cm³/mol. The van der Waals surface area contributed by atoms with E-state index in [9.17, 15) is 4.79 Å². The molecule has 0 atom stereocenters. The standard InChI is InChI=1S/C22H23N3O2/c1-16-8-9-18(14-17(16)2)24-21-11-10-19(15-23-21)25-22(26)12-13-27-20-6-4-3-5-7-20/h3-11,14-15H,12-13H2,1-2H3,(H,23,24)(H,25,26). The zero-order valence-electron chi connectivity index (χ0n) is 15.5. The number of benzene rings is 2. The highest BCUT2D eigenvalue weighted by Gasteiger charge is 2.04. The molecule has 0 fully saturated rings. The molecule has 5 nitrogen and oxygen atoms in total. The summed E-state index contributed by atoms with van der Waals surface area (Å²) in [6, 6.07) is 19.3. The molecule has 0 radical (unpaired) electrons. The smallest absolute Gasteiger partial charge is 0.227 e. The van der Waals surface area contributed by atoms with E-state index >= 15 is 0 Å². The van der Waals surface area contributed by atoms with Crippen molar-refractivity contribution in [1.29, 1.82) is 0 Å². The summed E-state index contributed by atoms with van der Waals surface area (Å²) in [5, 5.41) is 6.09. The number of hydrogen-bond acceptors (Lipinski definition) is 4. The number of hydrogen-bond donors (Lipinski definition) is 2. The summed E-state index contributed by atoms with van der Waals surface area (Å²) in [6.07, 6.45) is 1.91. The molecular weight excluding hydrogens is 338 g/mol. The lowest BCUT2D eigenvalue weighted by Gasteiger charge is -2.10. The number of anilines is 3. The molecule has 0 unspecified atom stereocenters. The maximum absolute atomic E-state index is 12.0. The SMILES string of the molecule is Cc1ccc(Nc2ccc(NC(=O)CCOc3ccccc3)cn2)cc1C. The Kier molecular flexibility index (Phi) is 6.05. The second-order valence-electron chi connectivity index (χ2n) is 6.32. The average Bonchev–Trinajstić information content (AvgIpc) is 2.67. The maximum Gasteiger partial charge on any atom is 0.227 e. The molecule has 0 saturated carbocycles. The van der Waals surface area contributed by atoms with E-state index in [0.29, 0.717) is 12.3 Å². The molecule has 0 aliphatic carbocycles. The third-order valence-electron chi connectivity index (χ3n) is 4.17. The van der Waals surface area contributed by atoms with Gasteiger partial charge in [0.15, 0.2) is 0 Å². The number of nitrogens with zero attached hydrogens (tertiary/aromatic N) is 1. The van der Waals surface area contributed by atoms with Gasteiger partial charge in [-0.2, -0.15) is 0 Å². The van der Waals surface area contributed by atoms with Crippen LogP contribution >= 0.6 is 0 Å². The van der Waals surface area contributed by atoms with Crippen molar-refractivity contribution in [2.45, 2.75) is 20.3 Å². The van der Waals surface area contributed by atoms with Crippen LogP contribution in [0.3, 0.4) is 0 Å². The van der Waals surface area contributed by atoms with Gasteiger partial charge in [-0.1, -0.05) is 24.3 Å². The lowest BCUT2D eigenvalue weighted by atomic mass is 10.1. The molecule has 0 aliphatic rings. The molecule has 0 bridgehead atoms. The van der Waals surface area contributed by atoms with Gasteiger partial charge in [-0.15, -0.1) is 0 Å². The summed E-state index contributed by atoms with van der Waals surface area (Å²) in [4.78, 5) is 16.4. The molecule has 0 aliphatic heterocycles. The Bertz CT molecular complexity index is 893. The molecule has 3 rings (SSSR count). The van der Waals surface area contributed by atoms with Gasteiger partial charge in [0.05, 0.1) is 24.9 Å². The maximum atomic E-state index is 12.0. The molecule has 1 heterocycles. The molecule has 1 aromatic heterocycles. The molecular formula is C22H23N3O2. The van der Waals surface area contributed by atoms with Gasteiger partial charge < -0.3 is 15.4 Å². The van der Waals surface area contributed by atoms with E-state index in [-0.39, 0.29) is 12.3 Å². The second kappa shape index (κ2) is 8.85. The van der Waals surface area contributed by atoms with Crippen LogP contribution in [0.15, 0.2) is 66.9 Å². The van der Waals surface area contributed by atoms with Crippen LogP contribution in [0.2, 0.25) is 0 Å². The molecule has 138 valence electrons. The summed E-state index contributed by atoms with van der Waals surface area (Å²) >= 11 is 0. The van der Waals surface area contributed by atoms with Crippen molar-refractivity contribution >= 4 is 23.1 Å². The number of ether oxygens (including phenoxy) is 1. The first-order valence-corrected chi connectivity index (χ1v) is 8.88. The fourth-order valence-corrected chi connectivity index (χ4v) is 2.51. The number of carbonyl (C=O) groups excluding carboxylic acids is 1. The van der Waals surface area contributed by atoms with Gasteiger partial charge in [0.1, 0.15) is 11.6 Å². The van der Waals surface area contributed by atoms with Gasteiger partial charge in [0, 0.05) is 5.69 Å². The molecule has 3 aromatic rings. The molecule has 2 N–H and O–H groups in total. The van der Waals surface area contributed by atoms with Crippen LogP contribution in [-0.4, -0.2) is 17.5 Å². The number of nitrogens with one attached hydrogen (secondary N) is 2. The van der Waals surface area contributed by atoms with E-state index < -0.39 is 0 Å². The third-order valence-corrected chi connectivity index (χ3v) is 4.17. The van der Waals surface area contributed by atoms with Crippen molar-refractivity contribution in [1.82, 2.24) is 4.98 Å². The Morgan fingerprint density at radius 2 is 1.74 bits per heavy atom. The number of aromatic nitrogens is 1. The number of amides is 1. The van der Waals surface area contributed by atoms with Crippen molar-refractivity contribution in [3.8, 4) is 5.75 Å². The van der Waals surface area contributed by atoms with E-state index in [4.69, 9.17) is 4.74 Å². The van der Waals surface area contributed by atoms with Crippen LogP contribution in [0.1, 0.15) is 17.5 Å². The van der Waals surface area contributed by atoms with Gasteiger partial charge in [-0.25, -0.2) is 4.98 Å². The number of para-hydroxylation sites is 1. The monoisotopic (exact) mass is 361 g/mol. The van der Waals surface area contributed by atoms with Crippen molar-refractivity contribution in [3.05, 3.63) is 78.0 Å². The Hall–Kier alpha value is -3.34. The number of rotatable bonds is 7. The molecule has 0 spiro atoms. The molecule has 1 amide bonds. The topological polar surface area (TPSA) is 63.2 Å². The Morgan fingerprint density at radius 1 is 0.963 bits per heavy atom. The van der Waals surface area contributed by atoms with Crippen LogP contribution in [0.4, 0.5) is 17.2 Å². The summed E-state index contributed by atoms with van der Waals surface area (Å²) in [5.41, 5.74) is 4.12. The summed E-state index contributed by atoms with van der Waals surface area (Å²) in [5.74, 6) is 1.37. The van der Waals surface area contributed by atoms with Crippen molar-refractivity contribution < 1.29 is 9.53 Å². The molecule has 27 heavy (non-hydrogen) atoms. The molecule has 2 aromatic carbocycles. The zero-order valence-corrected chi connectivity index (χ0v) is 15.5. The van der Waals surface area contributed by atoms with Gasteiger partial charge in [-0.05, 0) is 61.4 Å². The predicted octanol–water partition coefficient (Wildman–Crippen LogP) is 4.85. The quantitative estimate of drug-likeness (QED) is 0.631. The third kappa shape index (κ3) is 5.57. The van der Waals surface area contributed by atoms with Gasteiger partial charge in [-0.3, -0.25) is 4.79 Å². The van der Waals surface area contributed by atoms with E-state index in [0.717, 1.165) is 17.3 Å².